The fourth-order valence-corrected chi connectivity index (χ4v) is 4.90. The molecule has 4 nitrogen and oxygen atoms in total. The lowest BCUT2D eigenvalue weighted by Gasteiger charge is -2.24. The molecule has 0 fully saturated rings. The van der Waals surface area contributed by atoms with Crippen LogP contribution in [0, 0.1) is 0 Å². The number of benzene rings is 3. The number of hydrogen-bond donors (Lipinski definition) is 0. The monoisotopic (exact) mass is 471 g/mol. The number of halogens is 1. The maximum atomic E-state index is 13.4. The molecule has 0 N–H and O–H groups in total. The third-order valence-electron chi connectivity index (χ3n) is 6.57. The van der Waals surface area contributed by atoms with Crippen molar-refractivity contribution >= 4 is 23.2 Å². The molecule has 3 aromatic carbocycles. The van der Waals surface area contributed by atoms with Crippen LogP contribution in [0.15, 0.2) is 84.9 Å². The number of para-hydroxylation sites is 1. The largest absolute Gasteiger partial charge is 0.307 e. The van der Waals surface area contributed by atoms with Crippen LogP contribution in [0.25, 0.3) is 0 Å². The molecule has 1 amide bonds. The molecular formula is C29H30ClN3O. The van der Waals surface area contributed by atoms with Crippen LogP contribution in [-0.2, 0) is 31.0 Å². The summed E-state index contributed by atoms with van der Waals surface area (Å²) in [6.07, 6.45) is 5.63. The summed E-state index contributed by atoms with van der Waals surface area (Å²) in [5, 5.41) is 0.728. The van der Waals surface area contributed by atoms with Crippen molar-refractivity contribution in [3.05, 3.63) is 112 Å². The third kappa shape index (κ3) is 5.58. The van der Waals surface area contributed by atoms with Gasteiger partial charge in [0.05, 0.1) is 13.1 Å². The Morgan fingerprint density at radius 1 is 0.706 bits per heavy atom. The molecule has 174 valence electrons. The van der Waals surface area contributed by atoms with E-state index in [2.05, 4.69) is 64.4 Å². The molecule has 2 heterocycles. The Bertz CT molecular complexity index is 1160. The van der Waals surface area contributed by atoms with E-state index in [-0.39, 0.29) is 5.91 Å². The molecule has 3 aromatic rings. The zero-order valence-electron chi connectivity index (χ0n) is 19.4. The molecule has 34 heavy (non-hydrogen) atoms. The highest BCUT2D eigenvalue weighted by Crippen LogP contribution is 2.28. The highest BCUT2D eigenvalue weighted by Gasteiger charge is 2.26. The van der Waals surface area contributed by atoms with E-state index < -0.39 is 0 Å². The van der Waals surface area contributed by atoms with Gasteiger partial charge in [0.1, 0.15) is 0 Å². The Kier molecular flexibility index (Phi) is 7.10. The second-order valence-electron chi connectivity index (χ2n) is 9.19. The van der Waals surface area contributed by atoms with E-state index >= 15 is 0 Å². The van der Waals surface area contributed by atoms with Gasteiger partial charge in [-0.3, -0.25) is 14.6 Å². The summed E-state index contributed by atoms with van der Waals surface area (Å²) in [5.74, 6) is 0.128. The van der Waals surface area contributed by atoms with Crippen molar-refractivity contribution in [3.63, 3.8) is 0 Å². The minimum absolute atomic E-state index is 0.128. The summed E-state index contributed by atoms with van der Waals surface area (Å²) in [7, 11) is 0. The van der Waals surface area contributed by atoms with Crippen molar-refractivity contribution in [3.8, 4) is 0 Å². The van der Waals surface area contributed by atoms with Crippen LogP contribution >= 0.6 is 11.6 Å². The first-order valence-electron chi connectivity index (χ1n) is 11.9. The molecule has 5 heteroatoms. The highest BCUT2D eigenvalue weighted by molar-refractivity contribution is 6.30. The molecule has 0 aromatic heterocycles. The number of carbonyl (C=O) groups is 1. The smallest absolute Gasteiger partial charge is 0.241 e. The van der Waals surface area contributed by atoms with Gasteiger partial charge < -0.3 is 4.90 Å². The zero-order chi connectivity index (χ0) is 23.3. The lowest BCUT2D eigenvalue weighted by molar-refractivity contribution is -0.119. The molecule has 0 unspecified atom stereocenters. The molecule has 2 aliphatic heterocycles. The van der Waals surface area contributed by atoms with Gasteiger partial charge in [0.2, 0.25) is 5.91 Å². The van der Waals surface area contributed by atoms with Gasteiger partial charge in [-0.2, -0.15) is 0 Å². The first kappa shape index (κ1) is 22.9. The van der Waals surface area contributed by atoms with Crippen molar-refractivity contribution in [2.24, 2.45) is 0 Å². The molecule has 0 radical (unpaired) electrons. The van der Waals surface area contributed by atoms with Gasteiger partial charge in [0, 0.05) is 43.4 Å². The Morgan fingerprint density at radius 3 is 2.06 bits per heavy atom. The first-order valence-corrected chi connectivity index (χ1v) is 12.3. The van der Waals surface area contributed by atoms with Crippen molar-refractivity contribution in [2.45, 2.75) is 32.6 Å². The van der Waals surface area contributed by atoms with Gasteiger partial charge in [0.25, 0.3) is 0 Å². The summed E-state index contributed by atoms with van der Waals surface area (Å²) >= 11 is 6.05. The highest BCUT2D eigenvalue weighted by atomic mass is 35.5. The summed E-state index contributed by atoms with van der Waals surface area (Å²) < 4.78 is 0. The van der Waals surface area contributed by atoms with E-state index in [1.807, 2.05) is 35.2 Å². The number of anilines is 1. The number of carbonyl (C=O) groups excluding carboxylic acids is 1. The number of amides is 1. The average Bonchev–Trinajstić information content (AvgIpc) is 2.98. The van der Waals surface area contributed by atoms with Crippen LogP contribution in [0.5, 0.6) is 0 Å². The van der Waals surface area contributed by atoms with Crippen LogP contribution in [0.4, 0.5) is 5.69 Å². The summed E-state index contributed by atoms with van der Waals surface area (Å²) in [5.41, 5.74) is 5.81. The zero-order valence-corrected chi connectivity index (χ0v) is 20.1. The van der Waals surface area contributed by atoms with Crippen molar-refractivity contribution in [1.29, 1.82) is 0 Å². The molecule has 0 atom stereocenters. The molecule has 2 aliphatic rings. The Balaban J connectivity index is 1.31. The maximum Gasteiger partial charge on any atom is 0.241 e. The van der Waals surface area contributed by atoms with Crippen molar-refractivity contribution < 1.29 is 4.79 Å². The number of hydrogen-bond acceptors (Lipinski definition) is 3. The van der Waals surface area contributed by atoms with E-state index in [0.29, 0.717) is 19.6 Å². The average molecular weight is 472 g/mol. The summed E-state index contributed by atoms with van der Waals surface area (Å²) in [4.78, 5) is 20.0. The summed E-state index contributed by atoms with van der Waals surface area (Å²) in [6, 6.07) is 24.9. The molecule has 0 spiro atoms. The molecule has 0 aliphatic carbocycles. The topological polar surface area (TPSA) is 26.8 Å². The first-order chi connectivity index (χ1) is 16.6. The Labute approximate surface area is 207 Å². The number of rotatable bonds is 6. The Morgan fingerprint density at radius 2 is 1.35 bits per heavy atom. The van der Waals surface area contributed by atoms with Gasteiger partial charge in [0.15, 0.2) is 0 Å². The molecule has 0 saturated carbocycles. The van der Waals surface area contributed by atoms with Gasteiger partial charge in [-0.1, -0.05) is 78.4 Å². The Hall–Kier alpha value is -2.92. The van der Waals surface area contributed by atoms with E-state index in [0.717, 1.165) is 54.4 Å². The van der Waals surface area contributed by atoms with Gasteiger partial charge in [-0.05, 0) is 46.9 Å². The SMILES string of the molecule is O=C1CN(Cc2ccc(Cl)cc2)Cc2ccccc2N1Cc1ccc(CN2CC=CCC2)cc1. The fraction of sp³-hybridized carbons (Fsp3) is 0.276. The fourth-order valence-electron chi connectivity index (χ4n) is 4.77. The lowest BCUT2D eigenvalue weighted by Crippen LogP contribution is -2.36. The van der Waals surface area contributed by atoms with Crippen LogP contribution in [0.2, 0.25) is 5.02 Å². The summed E-state index contributed by atoms with van der Waals surface area (Å²) in [6.45, 7) is 5.53. The van der Waals surface area contributed by atoms with Crippen LogP contribution < -0.4 is 4.90 Å². The van der Waals surface area contributed by atoms with E-state index in [1.54, 1.807) is 0 Å². The predicted octanol–water partition coefficient (Wildman–Crippen LogP) is 5.65. The van der Waals surface area contributed by atoms with Gasteiger partial charge >= 0.3 is 0 Å². The van der Waals surface area contributed by atoms with Crippen molar-refractivity contribution in [2.75, 3.05) is 24.5 Å². The second kappa shape index (κ2) is 10.6. The standard InChI is InChI=1S/C29H30ClN3O/c30-27-14-12-24(13-15-27)19-32-21-26-6-2-3-7-28(26)33(29(34)22-32)20-25-10-8-23(9-11-25)18-31-16-4-1-5-17-31/h1-4,6-15H,5,16-22H2. The van der Waals surface area contributed by atoms with Gasteiger partial charge in [-0.15, -0.1) is 0 Å². The number of nitrogens with zero attached hydrogens (tertiary/aromatic N) is 3. The quantitative estimate of drug-likeness (QED) is 0.434. The van der Waals surface area contributed by atoms with Crippen molar-refractivity contribution in [1.82, 2.24) is 9.80 Å². The molecule has 5 rings (SSSR count). The lowest BCUT2D eigenvalue weighted by atomic mass is 10.1. The van der Waals surface area contributed by atoms with Gasteiger partial charge in [-0.25, -0.2) is 0 Å². The molecule has 0 saturated heterocycles. The maximum absolute atomic E-state index is 13.4. The minimum Gasteiger partial charge on any atom is -0.307 e. The third-order valence-corrected chi connectivity index (χ3v) is 6.82. The minimum atomic E-state index is 0.128. The van der Waals surface area contributed by atoms with Crippen LogP contribution in [-0.4, -0.2) is 35.3 Å². The second-order valence-corrected chi connectivity index (χ2v) is 9.63. The van der Waals surface area contributed by atoms with E-state index in [1.165, 1.54) is 11.1 Å². The van der Waals surface area contributed by atoms with Crippen LogP contribution in [0.3, 0.4) is 0 Å². The van der Waals surface area contributed by atoms with E-state index in [4.69, 9.17) is 11.6 Å². The van der Waals surface area contributed by atoms with E-state index in [9.17, 15) is 4.79 Å². The van der Waals surface area contributed by atoms with Crippen LogP contribution in [0.1, 0.15) is 28.7 Å². The molecular weight excluding hydrogens is 442 g/mol. The molecule has 0 bridgehead atoms. The predicted molar refractivity (Wildman–Crippen MR) is 139 cm³/mol. The number of fused-ring (bicyclic) bond motifs is 1. The normalized spacial score (nSPS) is 17.0.